The molecule has 0 saturated carbocycles. The predicted molar refractivity (Wildman–Crippen MR) is 83.7 cm³/mol. The maximum Gasteiger partial charge on any atom is 0.191 e. The maximum absolute atomic E-state index is 4.67. The number of rotatable bonds is 7. The minimum Gasteiger partial charge on any atom is -0.357 e. The second-order valence-corrected chi connectivity index (χ2v) is 5.27. The lowest BCUT2D eigenvalue weighted by molar-refractivity contribution is 0.240. The van der Waals surface area contributed by atoms with E-state index >= 15 is 0 Å². The van der Waals surface area contributed by atoms with Crippen molar-refractivity contribution in [1.82, 2.24) is 15.5 Å². The van der Waals surface area contributed by atoms with Crippen molar-refractivity contribution < 1.29 is 0 Å². The normalized spacial score (nSPS) is 16.6. The van der Waals surface area contributed by atoms with E-state index in [1.807, 2.05) is 0 Å². The number of hydrogen-bond acceptors (Lipinski definition) is 2. The van der Waals surface area contributed by atoms with Gasteiger partial charge in [0.25, 0.3) is 0 Å². The van der Waals surface area contributed by atoms with Crippen LogP contribution >= 0.6 is 0 Å². The standard InChI is InChI=1S/C15H30N4/c1-5-16-15(18-14-9-7-8-10-14)17-11-12-19(6-2)13(3)4/h7-8,13-14H,5-6,9-12H2,1-4H3,(H2,16,17,18). The van der Waals surface area contributed by atoms with Crippen LogP contribution in [0.5, 0.6) is 0 Å². The summed E-state index contributed by atoms with van der Waals surface area (Å²) < 4.78 is 0. The molecule has 0 aromatic rings. The number of likely N-dealkylation sites (N-methyl/N-ethyl adjacent to an activating group) is 1. The number of guanidine groups is 1. The molecule has 1 aliphatic carbocycles. The molecule has 0 aromatic carbocycles. The minimum atomic E-state index is 0.519. The second-order valence-electron chi connectivity index (χ2n) is 5.27. The molecule has 0 spiro atoms. The molecule has 0 aliphatic heterocycles. The molecule has 0 bridgehead atoms. The molecular formula is C15H30N4. The van der Waals surface area contributed by atoms with Crippen molar-refractivity contribution in [3.8, 4) is 0 Å². The molecule has 0 fully saturated rings. The van der Waals surface area contributed by atoms with Gasteiger partial charge in [-0.25, -0.2) is 0 Å². The Morgan fingerprint density at radius 3 is 2.53 bits per heavy atom. The molecule has 2 N–H and O–H groups in total. The first kappa shape index (κ1) is 16.0. The summed E-state index contributed by atoms with van der Waals surface area (Å²) in [5, 5.41) is 6.82. The highest BCUT2D eigenvalue weighted by atomic mass is 15.2. The van der Waals surface area contributed by atoms with Crippen LogP contribution in [0.2, 0.25) is 0 Å². The Morgan fingerprint density at radius 2 is 2.00 bits per heavy atom. The van der Waals surface area contributed by atoms with E-state index in [0.29, 0.717) is 12.1 Å². The first-order valence-electron chi connectivity index (χ1n) is 7.61. The zero-order valence-corrected chi connectivity index (χ0v) is 12.9. The van der Waals surface area contributed by atoms with E-state index in [2.05, 4.69) is 60.4 Å². The molecule has 0 amide bonds. The lowest BCUT2D eigenvalue weighted by atomic mass is 10.2. The highest BCUT2D eigenvalue weighted by molar-refractivity contribution is 5.80. The van der Waals surface area contributed by atoms with Crippen LogP contribution in [0.3, 0.4) is 0 Å². The molecular weight excluding hydrogens is 236 g/mol. The topological polar surface area (TPSA) is 39.7 Å². The lowest BCUT2D eigenvalue weighted by Crippen LogP contribution is -2.43. The van der Waals surface area contributed by atoms with E-state index in [9.17, 15) is 0 Å². The van der Waals surface area contributed by atoms with Crippen LogP contribution in [0.25, 0.3) is 0 Å². The molecule has 19 heavy (non-hydrogen) atoms. The highest BCUT2D eigenvalue weighted by Gasteiger charge is 2.11. The summed E-state index contributed by atoms with van der Waals surface area (Å²) in [6.45, 7) is 12.7. The van der Waals surface area contributed by atoms with Crippen molar-refractivity contribution in [2.24, 2.45) is 4.99 Å². The fraction of sp³-hybridized carbons (Fsp3) is 0.800. The number of nitrogens with one attached hydrogen (secondary N) is 2. The van der Waals surface area contributed by atoms with Crippen molar-refractivity contribution in [2.45, 2.75) is 52.6 Å². The van der Waals surface area contributed by atoms with Gasteiger partial charge < -0.3 is 10.6 Å². The lowest BCUT2D eigenvalue weighted by Gasteiger charge is -2.24. The average molecular weight is 266 g/mol. The SMILES string of the molecule is CCNC(=NCCN(CC)C(C)C)NC1CC=CC1. The van der Waals surface area contributed by atoms with Crippen molar-refractivity contribution in [1.29, 1.82) is 0 Å². The van der Waals surface area contributed by atoms with Gasteiger partial charge in [-0.05, 0) is 40.2 Å². The Labute approximate surface area is 118 Å². The van der Waals surface area contributed by atoms with Gasteiger partial charge in [-0.15, -0.1) is 0 Å². The van der Waals surface area contributed by atoms with Gasteiger partial charge in [-0.3, -0.25) is 9.89 Å². The van der Waals surface area contributed by atoms with E-state index in [1.165, 1.54) is 0 Å². The Morgan fingerprint density at radius 1 is 1.32 bits per heavy atom. The Balaban J connectivity index is 2.38. The van der Waals surface area contributed by atoms with Crippen LogP contribution in [0, 0.1) is 0 Å². The summed E-state index contributed by atoms with van der Waals surface area (Å²) in [7, 11) is 0. The fourth-order valence-electron chi connectivity index (χ4n) is 2.32. The molecule has 0 atom stereocenters. The summed E-state index contributed by atoms with van der Waals surface area (Å²) in [4.78, 5) is 7.11. The maximum atomic E-state index is 4.67. The minimum absolute atomic E-state index is 0.519. The Kier molecular flexibility index (Phi) is 7.56. The summed E-state index contributed by atoms with van der Waals surface area (Å²) in [5.74, 6) is 0.955. The highest BCUT2D eigenvalue weighted by Crippen LogP contribution is 2.08. The van der Waals surface area contributed by atoms with E-state index in [0.717, 1.165) is 45.0 Å². The van der Waals surface area contributed by atoms with Crippen molar-refractivity contribution in [2.75, 3.05) is 26.2 Å². The Hall–Kier alpha value is -1.03. The summed E-state index contributed by atoms with van der Waals surface area (Å²) in [6, 6.07) is 1.11. The molecule has 0 unspecified atom stereocenters. The second kappa shape index (κ2) is 8.97. The largest absolute Gasteiger partial charge is 0.357 e. The van der Waals surface area contributed by atoms with E-state index < -0.39 is 0 Å². The molecule has 0 aromatic heterocycles. The van der Waals surface area contributed by atoms with Crippen molar-refractivity contribution in [3.05, 3.63) is 12.2 Å². The number of hydrogen-bond donors (Lipinski definition) is 2. The zero-order valence-electron chi connectivity index (χ0n) is 12.9. The fourth-order valence-corrected chi connectivity index (χ4v) is 2.32. The van der Waals surface area contributed by atoms with E-state index in [1.54, 1.807) is 0 Å². The molecule has 0 heterocycles. The van der Waals surface area contributed by atoms with E-state index in [4.69, 9.17) is 0 Å². The van der Waals surface area contributed by atoms with Crippen LogP contribution in [-0.4, -0.2) is 49.1 Å². The van der Waals surface area contributed by atoms with Crippen LogP contribution in [0.15, 0.2) is 17.1 Å². The quantitative estimate of drug-likeness (QED) is 0.420. The van der Waals surface area contributed by atoms with Gasteiger partial charge in [-0.1, -0.05) is 19.1 Å². The molecule has 0 saturated heterocycles. The summed E-state index contributed by atoms with van der Waals surface area (Å²) in [6.07, 6.45) is 6.69. The summed E-state index contributed by atoms with van der Waals surface area (Å²) in [5.41, 5.74) is 0. The van der Waals surface area contributed by atoms with Gasteiger partial charge in [0.15, 0.2) is 5.96 Å². The third-order valence-electron chi connectivity index (χ3n) is 3.49. The monoisotopic (exact) mass is 266 g/mol. The summed E-state index contributed by atoms with van der Waals surface area (Å²) >= 11 is 0. The molecule has 4 heteroatoms. The third kappa shape index (κ3) is 6.10. The van der Waals surface area contributed by atoms with Crippen LogP contribution in [0.4, 0.5) is 0 Å². The van der Waals surface area contributed by atoms with Crippen LogP contribution in [0.1, 0.15) is 40.5 Å². The van der Waals surface area contributed by atoms with Gasteiger partial charge in [-0.2, -0.15) is 0 Å². The number of nitrogens with zero attached hydrogens (tertiary/aromatic N) is 2. The Bertz CT molecular complexity index is 289. The zero-order chi connectivity index (χ0) is 14.1. The van der Waals surface area contributed by atoms with Gasteiger partial charge >= 0.3 is 0 Å². The molecule has 4 nitrogen and oxygen atoms in total. The molecule has 1 aliphatic rings. The predicted octanol–water partition coefficient (Wildman–Crippen LogP) is 1.99. The van der Waals surface area contributed by atoms with Gasteiger partial charge in [0.1, 0.15) is 0 Å². The van der Waals surface area contributed by atoms with E-state index in [-0.39, 0.29) is 0 Å². The smallest absolute Gasteiger partial charge is 0.191 e. The van der Waals surface area contributed by atoms with Crippen molar-refractivity contribution >= 4 is 5.96 Å². The van der Waals surface area contributed by atoms with Crippen LogP contribution < -0.4 is 10.6 Å². The van der Waals surface area contributed by atoms with Crippen LogP contribution in [-0.2, 0) is 0 Å². The molecule has 110 valence electrons. The average Bonchev–Trinajstić information content (AvgIpc) is 2.87. The first-order chi connectivity index (χ1) is 9.17. The molecule has 0 radical (unpaired) electrons. The van der Waals surface area contributed by atoms with Gasteiger partial charge in [0, 0.05) is 25.2 Å². The molecule has 1 rings (SSSR count). The van der Waals surface area contributed by atoms with Crippen molar-refractivity contribution in [3.63, 3.8) is 0 Å². The van der Waals surface area contributed by atoms with Gasteiger partial charge in [0.05, 0.1) is 6.54 Å². The number of aliphatic imine (C=N–C) groups is 1. The van der Waals surface area contributed by atoms with Gasteiger partial charge in [0.2, 0.25) is 0 Å². The third-order valence-corrected chi connectivity index (χ3v) is 3.49. The first-order valence-corrected chi connectivity index (χ1v) is 7.61.